The average molecular weight is 925 g/mol. The Morgan fingerprint density at radius 3 is 2.17 bits per heavy atom. The van der Waals surface area contributed by atoms with E-state index in [2.05, 4.69) is 0 Å². The number of esters is 1. The molecule has 0 bridgehead atoms. The molecule has 3 fully saturated rings. The fourth-order valence-electron chi connectivity index (χ4n) is 10.3. The molecule has 2 aromatic carbocycles. The van der Waals surface area contributed by atoms with Crippen molar-refractivity contribution in [2.45, 2.75) is 190 Å². The molecule has 5 N–H and O–H groups in total. The first-order valence-corrected chi connectivity index (χ1v) is 24.2. The third-order valence-corrected chi connectivity index (χ3v) is 16.3. The predicted molar refractivity (Wildman–Crippen MR) is 239 cm³/mol. The van der Waals surface area contributed by atoms with Gasteiger partial charge in [-0.05, 0) is 104 Å². The monoisotopic (exact) mass is 925 g/mol. The summed E-state index contributed by atoms with van der Waals surface area (Å²) in [7, 11) is 0.546. The highest BCUT2D eigenvalue weighted by atomic mass is 32.2. The van der Waals surface area contributed by atoms with Crippen molar-refractivity contribution in [2.75, 3.05) is 27.7 Å². The van der Waals surface area contributed by atoms with Crippen molar-refractivity contribution in [2.24, 2.45) is 17.8 Å². The van der Waals surface area contributed by atoms with Crippen LogP contribution >= 0.6 is 0 Å². The molecule has 3 aliphatic heterocycles. The lowest BCUT2D eigenvalue weighted by Crippen LogP contribution is -2.61. The average Bonchev–Trinajstić information content (AvgIpc) is 3.24. The van der Waals surface area contributed by atoms with E-state index in [0.717, 1.165) is 15.1 Å². The van der Waals surface area contributed by atoms with Crippen molar-refractivity contribution in [3.63, 3.8) is 0 Å². The van der Waals surface area contributed by atoms with Crippen LogP contribution in [0.2, 0.25) is 0 Å². The van der Waals surface area contributed by atoms with Gasteiger partial charge in [0.25, 0.3) is 0 Å². The number of aliphatic hydroxyl groups is 5. The molecule has 3 heterocycles. The topological polar surface area (TPSA) is 214 Å². The zero-order chi connectivity index (χ0) is 47.9. The maximum Gasteiger partial charge on any atom is 0.311 e. The molecule has 64 heavy (non-hydrogen) atoms. The summed E-state index contributed by atoms with van der Waals surface area (Å²) in [5.41, 5.74) is -4.69. The van der Waals surface area contributed by atoms with Gasteiger partial charge >= 0.3 is 5.97 Å². The van der Waals surface area contributed by atoms with Gasteiger partial charge in [-0.3, -0.25) is 4.79 Å². The van der Waals surface area contributed by atoms with Crippen molar-refractivity contribution < 1.29 is 67.2 Å². The quantitative estimate of drug-likeness (QED) is 0.226. The third-order valence-electron chi connectivity index (χ3n) is 14.4. The number of aliphatic hydroxyl groups excluding tert-OH is 3. The van der Waals surface area contributed by atoms with Gasteiger partial charge in [0, 0.05) is 39.1 Å². The number of sulfonamides is 1. The molecule has 18 atom stereocenters. The maximum atomic E-state index is 14.4. The lowest BCUT2D eigenvalue weighted by molar-refractivity contribution is -0.317. The van der Waals surface area contributed by atoms with E-state index in [0.29, 0.717) is 6.54 Å². The fourth-order valence-corrected chi connectivity index (χ4v) is 11.7. The maximum absolute atomic E-state index is 14.4. The molecule has 0 aliphatic carbocycles. The number of ether oxygens (including phenoxy) is 6. The summed E-state index contributed by atoms with van der Waals surface area (Å²) in [5, 5.41) is 61.0. The number of cyclic esters (lactones) is 1. The van der Waals surface area contributed by atoms with Crippen molar-refractivity contribution in [1.82, 2.24) is 9.21 Å². The van der Waals surface area contributed by atoms with E-state index in [1.165, 1.54) is 27.1 Å². The molecule has 2 aromatic rings. The van der Waals surface area contributed by atoms with Gasteiger partial charge in [-0.1, -0.05) is 51.1 Å². The van der Waals surface area contributed by atoms with Crippen LogP contribution < -0.4 is 0 Å². The van der Waals surface area contributed by atoms with Gasteiger partial charge < -0.3 is 58.9 Å². The number of rotatable bonds is 9. The van der Waals surface area contributed by atoms with E-state index < -0.39 is 118 Å². The fraction of sp³-hybridized carbons (Fsp3) is 0.766. The molecule has 3 saturated heterocycles. The number of carbonyl (C=O) groups is 1. The number of fused-ring (bicyclic) bond motifs is 1. The first-order chi connectivity index (χ1) is 29.7. The van der Waals surface area contributed by atoms with Gasteiger partial charge in [0.15, 0.2) is 12.6 Å². The van der Waals surface area contributed by atoms with Gasteiger partial charge in [0.05, 0.1) is 52.5 Å². The Hall–Kier alpha value is -2.36. The van der Waals surface area contributed by atoms with E-state index >= 15 is 0 Å². The van der Waals surface area contributed by atoms with Crippen molar-refractivity contribution >= 4 is 26.8 Å². The zero-order valence-corrected chi connectivity index (χ0v) is 40.8. The molecule has 0 amide bonds. The van der Waals surface area contributed by atoms with E-state index in [1.807, 2.05) is 36.1 Å². The van der Waals surface area contributed by atoms with Crippen LogP contribution in [0.15, 0.2) is 47.4 Å². The van der Waals surface area contributed by atoms with Crippen molar-refractivity contribution in [1.29, 1.82) is 0 Å². The second kappa shape index (κ2) is 20.5. The minimum absolute atomic E-state index is 0.0562. The van der Waals surface area contributed by atoms with Gasteiger partial charge in [-0.15, -0.1) is 0 Å². The van der Waals surface area contributed by atoms with Crippen LogP contribution in [0.25, 0.3) is 10.8 Å². The van der Waals surface area contributed by atoms with Gasteiger partial charge in [-0.25, -0.2) is 8.42 Å². The van der Waals surface area contributed by atoms with E-state index in [4.69, 9.17) is 28.4 Å². The molecule has 0 radical (unpaired) electrons. The summed E-state index contributed by atoms with van der Waals surface area (Å²) >= 11 is 0. The summed E-state index contributed by atoms with van der Waals surface area (Å²) in [4.78, 5) is 16.4. The number of likely N-dealkylation sites (N-methyl/N-ethyl adjacent to an activating group) is 2. The minimum atomic E-state index is -4.15. The Kier molecular flexibility index (Phi) is 16.8. The molecular weight excluding hydrogens is 849 g/mol. The summed E-state index contributed by atoms with van der Waals surface area (Å²) in [5.74, 6) is -3.06. The molecule has 5 rings (SSSR count). The van der Waals surface area contributed by atoms with Crippen LogP contribution in [-0.4, -0.2) is 167 Å². The molecule has 0 aromatic heterocycles. The number of hydrogen-bond donors (Lipinski definition) is 5. The first kappa shape index (κ1) is 52.6. The van der Waals surface area contributed by atoms with Gasteiger partial charge in [-0.2, -0.15) is 4.31 Å². The smallest absolute Gasteiger partial charge is 0.311 e. The predicted octanol–water partition coefficient (Wildman–Crippen LogP) is 3.81. The van der Waals surface area contributed by atoms with Crippen molar-refractivity contribution in [3.8, 4) is 0 Å². The number of benzene rings is 2. The molecule has 0 spiro atoms. The molecule has 364 valence electrons. The highest BCUT2D eigenvalue weighted by Gasteiger charge is 2.53. The first-order valence-electron chi connectivity index (χ1n) is 22.7. The molecule has 0 saturated carbocycles. The van der Waals surface area contributed by atoms with Crippen LogP contribution in [0, 0.1) is 17.8 Å². The molecule has 17 heteroatoms. The number of nitrogens with zero attached hydrogens (tertiary/aromatic N) is 2. The number of carbonyl (C=O) groups excluding carboxylic acids is 1. The Morgan fingerprint density at radius 1 is 0.906 bits per heavy atom. The SMILES string of the molecule is CC[C@H]1OC(=O)[C@H](C)[C@@H](OC2C[C@@](C)(OC)[C@@H](O)[C@H](C)O2)[C@H](C)[C@@H](O[C@@H]2O[C@H](C)C[C@H](N(C)S(=O)(=O)c3ccc4ccccc4c3)[C@H]2O)[C@@](C)(O)C[C@@H](C)CN(C)[C@H](C)[C@@H](O)[C@]1(C)O. The van der Waals surface area contributed by atoms with Crippen LogP contribution in [0.5, 0.6) is 0 Å². The Labute approximate surface area is 380 Å². The highest BCUT2D eigenvalue weighted by molar-refractivity contribution is 7.89. The highest BCUT2D eigenvalue weighted by Crippen LogP contribution is 2.41. The normalized spacial score (nSPS) is 42.8. The molecule has 16 nitrogen and oxygen atoms in total. The summed E-state index contributed by atoms with van der Waals surface area (Å²) in [6.45, 7) is 17.4. The molecule has 3 aliphatic rings. The standard InChI is InChI=1S/C47H76N2O14S/c1-14-36-47(10,55)40(51)30(6)48(11)25-26(2)23-45(8,54)42(28(4)39(29(5)43(53)61-36)62-37-24-46(9,58-13)41(52)31(7)60-37)63-44-38(50)35(21-27(3)59-44)49(12)64(56,57)34-20-19-32-17-15-16-18-33(32)22-34/h15-20,22,26-31,35-42,44,50-52,54-55H,14,21,23-25H2,1-13H3/t26-,27-,28+,29-,30-,31+,35+,36-,37?,38-,39+,40-,41+,42-,44+,45+,46-,47-/m1/s1. The summed E-state index contributed by atoms with van der Waals surface area (Å²) in [6, 6.07) is 10.7. The number of methoxy groups -OCH3 is 1. The lowest BCUT2D eigenvalue weighted by Gasteiger charge is -2.48. The van der Waals surface area contributed by atoms with Crippen LogP contribution in [0.3, 0.4) is 0 Å². The zero-order valence-electron chi connectivity index (χ0n) is 40.0. The van der Waals surface area contributed by atoms with E-state index in [-0.39, 0.29) is 36.5 Å². The molecule has 1 unspecified atom stereocenters. The van der Waals surface area contributed by atoms with E-state index in [9.17, 15) is 38.7 Å². The summed E-state index contributed by atoms with van der Waals surface area (Å²) in [6.07, 6.45) is -10.8. The van der Waals surface area contributed by atoms with Crippen molar-refractivity contribution in [3.05, 3.63) is 42.5 Å². The Morgan fingerprint density at radius 2 is 1.55 bits per heavy atom. The third kappa shape index (κ3) is 11.0. The summed E-state index contributed by atoms with van der Waals surface area (Å²) < 4.78 is 67.4. The van der Waals surface area contributed by atoms with Gasteiger partial charge in [0.1, 0.15) is 30.0 Å². The molecular formula is C47H76N2O14S. The van der Waals surface area contributed by atoms with E-state index in [1.54, 1.807) is 74.6 Å². The largest absolute Gasteiger partial charge is 0.459 e. The second-order valence-electron chi connectivity index (χ2n) is 19.7. The van der Waals surface area contributed by atoms with Crippen LogP contribution in [-0.2, 0) is 43.2 Å². The Balaban J connectivity index is 1.57. The minimum Gasteiger partial charge on any atom is -0.459 e. The second-order valence-corrected chi connectivity index (χ2v) is 21.7. The lowest BCUT2D eigenvalue weighted by atomic mass is 9.77. The van der Waals surface area contributed by atoms with Crippen LogP contribution in [0.1, 0.15) is 94.9 Å². The Bertz CT molecular complexity index is 1990. The van der Waals surface area contributed by atoms with Crippen LogP contribution in [0.4, 0.5) is 0 Å². The van der Waals surface area contributed by atoms with Gasteiger partial charge in [0.2, 0.25) is 10.0 Å². The number of hydrogen-bond acceptors (Lipinski definition) is 15.